The van der Waals surface area contributed by atoms with Crippen molar-refractivity contribution in [1.82, 2.24) is 0 Å². The Morgan fingerprint density at radius 3 is 2.48 bits per heavy atom. The van der Waals surface area contributed by atoms with Gasteiger partial charge in [0, 0.05) is 17.7 Å². The van der Waals surface area contributed by atoms with E-state index >= 15 is 0 Å². The maximum Gasteiger partial charge on any atom is 0.249 e. The molecule has 3 aliphatic rings. The van der Waals surface area contributed by atoms with Gasteiger partial charge in [0.1, 0.15) is 13.2 Å². The van der Waals surface area contributed by atoms with Gasteiger partial charge in [-0.2, -0.15) is 5.26 Å². The van der Waals surface area contributed by atoms with Crippen molar-refractivity contribution < 1.29 is 19.1 Å². The molecule has 1 unspecified atom stereocenters. The smallest absolute Gasteiger partial charge is 0.249 e. The van der Waals surface area contributed by atoms with Crippen LogP contribution in [0.4, 0.5) is 5.69 Å². The molecule has 0 bridgehead atoms. The third-order valence-electron chi connectivity index (χ3n) is 5.47. The molecule has 1 amide bonds. The van der Waals surface area contributed by atoms with E-state index in [0.29, 0.717) is 42.2 Å². The highest BCUT2D eigenvalue weighted by atomic mass is 16.6. The first-order chi connectivity index (χ1) is 12.2. The molecule has 0 spiro atoms. The maximum atomic E-state index is 12.6. The van der Waals surface area contributed by atoms with Gasteiger partial charge < -0.3 is 14.8 Å². The van der Waals surface area contributed by atoms with Crippen LogP contribution in [-0.2, 0) is 9.59 Å². The number of carbonyl (C=O) groups excluding carboxylic acids is 2. The first kappa shape index (κ1) is 15.9. The van der Waals surface area contributed by atoms with Crippen LogP contribution < -0.4 is 14.8 Å². The molecule has 1 heterocycles. The van der Waals surface area contributed by atoms with Crippen LogP contribution in [0.5, 0.6) is 11.5 Å². The Bertz CT molecular complexity index is 742. The Balaban J connectivity index is 1.44. The van der Waals surface area contributed by atoms with Crippen LogP contribution >= 0.6 is 0 Å². The highest BCUT2D eigenvalue weighted by molar-refractivity contribution is 6.11. The number of hydrogen-bond acceptors (Lipinski definition) is 5. The number of fused-ring (bicyclic) bond motifs is 2. The van der Waals surface area contributed by atoms with Crippen LogP contribution in [0.1, 0.15) is 25.7 Å². The standard InChI is InChI=1S/C19H20N2O4/c20-10-14(18(22)17-12-3-1-2-4-13(12)17)19(23)21-11-5-6-15-16(9-11)25-8-7-24-15/h5-6,9,12-14,17H,1-4,7-8H2,(H,21,23)/t12-,13+,14-,17?/m0/s1. The summed E-state index contributed by atoms with van der Waals surface area (Å²) < 4.78 is 10.9. The SMILES string of the molecule is N#C[C@H](C(=O)Nc1ccc2c(c1)OCCO2)C(=O)C1[C@H]2CCCC[C@@H]12. The second-order valence-corrected chi connectivity index (χ2v) is 6.95. The van der Waals surface area contributed by atoms with E-state index in [2.05, 4.69) is 5.32 Å². The Morgan fingerprint density at radius 1 is 1.12 bits per heavy atom. The summed E-state index contributed by atoms with van der Waals surface area (Å²) in [7, 11) is 0. The van der Waals surface area contributed by atoms with Gasteiger partial charge in [-0.05, 0) is 36.8 Å². The monoisotopic (exact) mass is 340 g/mol. The Morgan fingerprint density at radius 2 is 1.80 bits per heavy atom. The van der Waals surface area contributed by atoms with Crippen LogP contribution in [0.15, 0.2) is 18.2 Å². The van der Waals surface area contributed by atoms with Crippen molar-refractivity contribution in [3.05, 3.63) is 18.2 Å². The number of Topliss-reactive ketones (excluding diaryl/α,β-unsaturated/α-hetero) is 1. The number of anilines is 1. The topological polar surface area (TPSA) is 88.4 Å². The number of rotatable bonds is 4. The van der Waals surface area contributed by atoms with E-state index in [-0.39, 0.29) is 11.7 Å². The summed E-state index contributed by atoms with van der Waals surface area (Å²) in [5.74, 6) is -0.168. The lowest BCUT2D eigenvalue weighted by atomic mass is 9.99. The molecule has 2 saturated carbocycles. The Labute approximate surface area is 146 Å². The lowest BCUT2D eigenvalue weighted by molar-refractivity contribution is -0.130. The fourth-order valence-electron chi connectivity index (χ4n) is 4.19. The molecule has 0 radical (unpaired) electrons. The molecule has 6 nitrogen and oxygen atoms in total. The lowest BCUT2D eigenvalue weighted by Crippen LogP contribution is -2.30. The number of amides is 1. The molecular formula is C19H20N2O4. The third-order valence-corrected chi connectivity index (χ3v) is 5.47. The molecule has 0 aromatic heterocycles. The van der Waals surface area contributed by atoms with E-state index in [4.69, 9.17) is 9.47 Å². The minimum Gasteiger partial charge on any atom is -0.486 e. The fourth-order valence-corrected chi connectivity index (χ4v) is 4.19. The Kier molecular flexibility index (Phi) is 4.08. The zero-order chi connectivity index (χ0) is 17.4. The van der Waals surface area contributed by atoms with Crippen LogP contribution in [0.25, 0.3) is 0 Å². The number of hydrogen-bond donors (Lipinski definition) is 1. The van der Waals surface area contributed by atoms with Gasteiger partial charge in [-0.3, -0.25) is 9.59 Å². The van der Waals surface area contributed by atoms with Gasteiger partial charge in [0.2, 0.25) is 5.91 Å². The van der Waals surface area contributed by atoms with Gasteiger partial charge >= 0.3 is 0 Å². The van der Waals surface area contributed by atoms with Crippen molar-refractivity contribution in [2.24, 2.45) is 23.7 Å². The quantitative estimate of drug-likeness (QED) is 0.851. The molecule has 1 aromatic carbocycles. The minimum atomic E-state index is -1.25. The molecule has 25 heavy (non-hydrogen) atoms. The molecule has 2 aliphatic carbocycles. The van der Waals surface area contributed by atoms with Gasteiger partial charge in [-0.25, -0.2) is 0 Å². The van der Waals surface area contributed by atoms with Gasteiger partial charge in [0.05, 0.1) is 6.07 Å². The highest BCUT2D eigenvalue weighted by Crippen LogP contribution is 2.56. The maximum absolute atomic E-state index is 12.6. The van der Waals surface area contributed by atoms with E-state index in [1.54, 1.807) is 18.2 Å². The average molecular weight is 340 g/mol. The number of ether oxygens (including phenoxy) is 2. The summed E-state index contributed by atoms with van der Waals surface area (Å²) in [5.41, 5.74) is 0.496. The molecule has 130 valence electrons. The van der Waals surface area contributed by atoms with Crippen molar-refractivity contribution in [2.75, 3.05) is 18.5 Å². The molecule has 0 saturated heterocycles. The normalized spacial score (nSPS) is 27.4. The Hall–Kier alpha value is -2.55. The first-order valence-corrected chi connectivity index (χ1v) is 8.83. The molecule has 1 aromatic rings. The van der Waals surface area contributed by atoms with Crippen LogP contribution in [0, 0.1) is 35.0 Å². The summed E-state index contributed by atoms with van der Waals surface area (Å²) in [6.07, 6.45) is 4.38. The lowest BCUT2D eigenvalue weighted by Gasteiger charge is -2.19. The largest absolute Gasteiger partial charge is 0.486 e. The van der Waals surface area contributed by atoms with Crippen LogP contribution in [-0.4, -0.2) is 24.9 Å². The predicted octanol–water partition coefficient (Wildman–Crippen LogP) is 2.54. The average Bonchev–Trinajstić information content (AvgIpc) is 3.36. The van der Waals surface area contributed by atoms with Gasteiger partial charge in [-0.1, -0.05) is 12.8 Å². The minimum absolute atomic E-state index is 0.0989. The molecule has 4 atom stereocenters. The summed E-state index contributed by atoms with van der Waals surface area (Å²) in [4.78, 5) is 25.1. The zero-order valence-corrected chi connectivity index (χ0v) is 13.9. The molecule has 2 fully saturated rings. The van der Waals surface area contributed by atoms with E-state index in [1.807, 2.05) is 6.07 Å². The van der Waals surface area contributed by atoms with Gasteiger partial charge in [0.25, 0.3) is 0 Å². The summed E-state index contributed by atoms with van der Waals surface area (Å²) in [5, 5.41) is 12.0. The van der Waals surface area contributed by atoms with Crippen molar-refractivity contribution in [3.63, 3.8) is 0 Å². The van der Waals surface area contributed by atoms with Crippen molar-refractivity contribution in [1.29, 1.82) is 5.26 Å². The van der Waals surface area contributed by atoms with E-state index in [9.17, 15) is 14.9 Å². The third kappa shape index (κ3) is 2.95. The second kappa shape index (κ2) is 6.40. The predicted molar refractivity (Wildman–Crippen MR) is 89.1 cm³/mol. The van der Waals surface area contributed by atoms with Gasteiger partial charge in [-0.15, -0.1) is 0 Å². The zero-order valence-electron chi connectivity index (χ0n) is 13.9. The highest BCUT2D eigenvalue weighted by Gasteiger charge is 2.56. The molecule has 1 N–H and O–H groups in total. The van der Waals surface area contributed by atoms with E-state index < -0.39 is 11.8 Å². The second-order valence-electron chi connectivity index (χ2n) is 6.95. The van der Waals surface area contributed by atoms with Crippen LogP contribution in [0.3, 0.4) is 0 Å². The summed E-state index contributed by atoms with van der Waals surface area (Å²) >= 11 is 0. The number of nitrogens with zero attached hydrogens (tertiary/aromatic N) is 1. The summed E-state index contributed by atoms with van der Waals surface area (Å²) in [6.45, 7) is 0.946. The first-order valence-electron chi connectivity index (χ1n) is 8.83. The molecule has 4 rings (SSSR count). The molecule has 6 heteroatoms. The van der Waals surface area contributed by atoms with Gasteiger partial charge in [0.15, 0.2) is 23.2 Å². The van der Waals surface area contributed by atoms with Crippen LogP contribution in [0.2, 0.25) is 0 Å². The van der Waals surface area contributed by atoms with E-state index in [1.165, 1.54) is 0 Å². The number of nitriles is 1. The number of carbonyl (C=O) groups is 2. The molecular weight excluding hydrogens is 320 g/mol. The fraction of sp³-hybridized carbons (Fsp3) is 0.526. The van der Waals surface area contributed by atoms with Crippen molar-refractivity contribution >= 4 is 17.4 Å². The van der Waals surface area contributed by atoms with Crippen molar-refractivity contribution in [2.45, 2.75) is 25.7 Å². The van der Waals surface area contributed by atoms with Crippen molar-refractivity contribution in [3.8, 4) is 17.6 Å². The number of benzene rings is 1. The summed E-state index contributed by atoms with van der Waals surface area (Å²) in [6, 6.07) is 6.95. The number of nitrogens with one attached hydrogen (secondary N) is 1. The van der Waals surface area contributed by atoms with E-state index in [0.717, 1.165) is 25.7 Å². The number of ketones is 1. The molecule has 1 aliphatic heterocycles.